The molecule has 2 aromatic heterocycles. The minimum Gasteiger partial charge on any atom is -0.321 e. The predicted octanol–water partition coefficient (Wildman–Crippen LogP) is 1.48. The number of nitrogens with two attached hydrogens (primary N) is 1. The Bertz CT molecular complexity index is 509. The van der Waals surface area contributed by atoms with Gasteiger partial charge in [0.15, 0.2) is 11.5 Å². The highest BCUT2D eigenvalue weighted by molar-refractivity contribution is 5.38. The average Bonchev–Trinajstić information content (AvgIpc) is 2.57. The third-order valence-electron chi connectivity index (χ3n) is 2.67. The molecule has 2 N–H and O–H groups in total. The lowest BCUT2D eigenvalue weighted by Crippen LogP contribution is -2.28. The minimum absolute atomic E-state index is 0.0478. The van der Waals surface area contributed by atoms with E-state index >= 15 is 0 Å². The van der Waals surface area contributed by atoms with E-state index in [1.165, 1.54) is 0 Å². The van der Waals surface area contributed by atoms with Crippen molar-refractivity contribution in [1.82, 2.24) is 19.6 Å². The summed E-state index contributed by atoms with van der Waals surface area (Å²) in [5.41, 5.74) is 7.84. The lowest BCUT2D eigenvalue weighted by atomic mass is 9.87. The van der Waals surface area contributed by atoms with Crippen molar-refractivity contribution in [2.24, 2.45) is 11.1 Å². The van der Waals surface area contributed by atoms with Crippen LogP contribution in [-0.4, -0.2) is 19.6 Å². The molecule has 0 fully saturated rings. The zero-order chi connectivity index (χ0) is 11.9. The molecular weight excluding hydrogens is 202 g/mol. The summed E-state index contributed by atoms with van der Waals surface area (Å²) in [4.78, 5) is 4.23. The summed E-state index contributed by atoms with van der Waals surface area (Å²) in [7, 11) is 0. The highest BCUT2D eigenvalue weighted by Crippen LogP contribution is 2.29. The van der Waals surface area contributed by atoms with Crippen LogP contribution < -0.4 is 5.73 Å². The van der Waals surface area contributed by atoms with Gasteiger partial charge in [0, 0.05) is 11.8 Å². The van der Waals surface area contributed by atoms with Crippen molar-refractivity contribution >= 4 is 5.65 Å². The topological polar surface area (TPSA) is 69.1 Å². The number of hydrogen-bond acceptors (Lipinski definition) is 4. The Morgan fingerprint density at radius 3 is 2.62 bits per heavy atom. The molecule has 16 heavy (non-hydrogen) atoms. The molecule has 2 aromatic rings. The molecule has 2 rings (SSSR count). The number of nitrogens with zero attached hydrogens (tertiary/aromatic N) is 4. The van der Waals surface area contributed by atoms with Gasteiger partial charge in [0.1, 0.15) is 6.33 Å². The lowest BCUT2D eigenvalue weighted by Gasteiger charge is -2.25. The van der Waals surface area contributed by atoms with Gasteiger partial charge >= 0.3 is 0 Å². The predicted molar refractivity (Wildman–Crippen MR) is 61.9 cm³/mol. The van der Waals surface area contributed by atoms with Gasteiger partial charge in [0.05, 0.1) is 6.04 Å². The van der Waals surface area contributed by atoms with Gasteiger partial charge < -0.3 is 5.73 Å². The highest BCUT2D eigenvalue weighted by Gasteiger charge is 2.26. The normalized spacial score (nSPS) is 14.3. The van der Waals surface area contributed by atoms with Crippen LogP contribution in [0.2, 0.25) is 0 Å². The molecule has 0 spiro atoms. The van der Waals surface area contributed by atoms with Gasteiger partial charge in [0.2, 0.25) is 0 Å². The van der Waals surface area contributed by atoms with Gasteiger partial charge in [-0.2, -0.15) is 0 Å². The quantitative estimate of drug-likeness (QED) is 0.788. The molecule has 5 heteroatoms. The molecule has 5 nitrogen and oxygen atoms in total. The second kappa shape index (κ2) is 3.52. The van der Waals surface area contributed by atoms with E-state index < -0.39 is 0 Å². The summed E-state index contributed by atoms with van der Waals surface area (Å²) < 4.78 is 1.85. The Kier molecular flexibility index (Phi) is 2.42. The number of aryl methyl sites for hydroxylation is 1. The molecule has 0 aliphatic heterocycles. The molecule has 0 aliphatic rings. The molecule has 0 saturated carbocycles. The minimum atomic E-state index is -0.160. The lowest BCUT2D eigenvalue weighted by molar-refractivity contribution is 0.313. The number of hydrogen-bond donors (Lipinski definition) is 1. The van der Waals surface area contributed by atoms with Gasteiger partial charge in [-0.15, -0.1) is 10.2 Å². The molecule has 0 bridgehead atoms. The van der Waals surface area contributed by atoms with Crippen LogP contribution in [0, 0.1) is 12.3 Å². The molecule has 0 amide bonds. The van der Waals surface area contributed by atoms with Crippen molar-refractivity contribution in [2.75, 3.05) is 0 Å². The first-order chi connectivity index (χ1) is 7.39. The van der Waals surface area contributed by atoms with Crippen molar-refractivity contribution in [1.29, 1.82) is 0 Å². The van der Waals surface area contributed by atoms with Crippen molar-refractivity contribution in [3.8, 4) is 0 Å². The zero-order valence-corrected chi connectivity index (χ0v) is 10.1. The summed E-state index contributed by atoms with van der Waals surface area (Å²) in [6.07, 6.45) is 1.73. The third-order valence-corrected chi connectivity index (χ3v) is 2.67. The molecule has 0 aromatic carbocycles. The molecule has 0 saturated heterocycles. The van der Waals surface area contributed by atoms with Gasteiger partial charge in [-0.3, -0.25) is 4.40 Å². The maximum absolute atomic E-state index is 6.17. The summed E-state index contributed by atoms with van der Waals surface area (Å²) in [6.45, 7) is 8.18. The van der Waals surface area contributed by atoms with Crippen molar-refractivity contribution in [3.63, 3.8) is 0 Å². The molecule has 2 heterocycles. The van der Waals surface area contributed by atoms with Crippen LogP contribution in [0.4, 0.5) is 0 Å². The fraction of sp³-hybridized carbons (Fsp3) is 0.545. The van der Waals surface area contributed by atoms with Crippen molar-refractivity contribution in [3.05, 3.63) is 23.9 Å². The van der Waals surface area contributed by atoms with Crippen LogP contribution >= 0.6 is 0 Å². The van der Waals surface area contributed by atoms with E-state index in [1.807, 2.05) is 17.4 Å². The fourth-order valence-corrected chi connectivity index (χ4v) is 1.51. The number of fused-ring (bicyclic) bond motifs is 1. The van der Waals surface area contributed by atoms with Crippen LogP contribution in [0.3, 0.4) is 0 Å². The maximum Gasteiger partial charge on any atom is 0.163 e. The monoisotopic (exact) mass is 219 g/mol. The Morgan fingerprint density at radius 2 is 2.00 bits per heavy atom. The van der Waals surface area contributed by atoms with Gasteiger partial charge in [-0.25, -0.2) is 4.98 Å². The van der Waals surface area contributed by atoms with E-state index in [2.05, 4.69) is 36.0 Å². The van der Waals surface area contributed by atoms with E-state index in [0.29, 0.717) is 0 Å². The Balaban J connectivity index is 2.54. The third kappa shape index (κ3) is 1.78. The molecule has 0 radical (unpaired) electrons. The first-order valence-electron chi connectivity index (χ1n) is 5.32. The summed E-state index contributed by atoms with van der Waals surface area (Å²) in [5, 5.41) is 8.26. The highest BCUT2D eigenvalue weighted by atomic mass is 15.3. The summed E-state index contributed by atoms with van der Waals surface area (Å²) in [6, 6.07) is 1.73. The SMILES string of the molecule is Cc1cc2nnc(C(N)C(C)(C)C)n2cn1. The van der Waals surface area contributed by atoms with E-state index in [0.717, 1.165) is 17.2 Å². The molecule has 1 unspecified atom stereocenters. The first kappa shape index (κ1) is 11.0. The summed E-state index contributed by atoms with van der Waals surface area (Å²) >= 11 is 0. The Hall–Kier alpha value is -1.49. The molecule has 0 aliphatic carbocycles. The maximum atomic E-state index is 6.17. The van der Waals surface area contributed by atoms with Gasteiger partial charge in [-0.05, 0) is 12.3 Å². The van der Waals surface area contributed by atoms with Crippen LogP contribution in [0.5, 0.6) is 0 Å². The van der Waals surface area contributed by atoms with Crippen LogP contribution in [0.15, 0.2) is 12.4 Å². The van der Waals surface area contributed by atoms with Crippen LogP contribution in [0.1, 0.15) is 38.3 Å². The van der Waals surface area contributed by atoms with Gasteiger partial charge in [-0.1, -0.05) is 20.8 Å². The molecular formula is C11H17N5. The fourth-order valence-electron chi connectivity index (χ4n) is 1.51. The van der Waals surface area contributed by atoms with Crippen LogP contribution in [-0.2, 0) is 0 Å². The van der Waals surface area contributed by atoms with Gasteiger partial charge in [0.25, 0.3) is 0 Å². The smallest absolute Gasteiger partial charge is 0.163 e. The second-order valence-electron chi connectivity index (χ2n) is 5.16. The van der Waals surface area contributed by atoms with E-state index in [-0.39, 0.29) is 11.5 Å². The summed E-state index contributed by atoms with van der Waals surface area (Å²) in [5.74, 6) is 0.759. The van der Waals surface area contributed by atoms with E-state index in [1.54, 1.807) is 6.33 Å². The standard InChI is InChI=1S/C11H17N5/c1-7-5-8-14-15-10(16(8)6-13-7)9(12)11(2,3)4/h5-6,9H,12H2,1-4H3. The second-order valence-corrected chi connectivity index (χ2v) is 5.16. The largest absolute Gasteiger partial charge is 0.321 e. The molecule has 1 atom stereocenters. The first-order valence-corrected chi connectivity index (χ1v) is 5.32. The van der Waals surface area contributed by atoms with E-state index in [9.17, 15) is 0 Å². The Labute approximate surface area is 94.7 Å². The van der Waals surface area contributed by atoms with E-state index in [4.69, 9.17) is 5.73 Å². The Morgan fingerprint density at radius 1 is 1.31 bits per heavy atom. The molecule has 86 valence electrons. The van der Waals surface area contributed by atoms with Crippen LogP contribution in [0.25, 0.3) is 5.65 Å². The zero-order valence-electron chi connectivity index (χ0n) is 10.1. The average molecular weight is 219 g/mol. The van der Waals surface area contributed by atoms with Crippen molar-refractivity contribution in [2.45, 2.75) is 33.7 Å². The van der Waals surface area contributed by atoms with Crippen molar-refractivity contribution < 1.29 is 0 Å². The number of aromatic nitrogens is 4. The number of rotatable bonds is 1.